The van der Waals surface area contributed by atoms with E-state index in [0.717, 1.165) is 10.0 Å². The molecule has 1 rings (SSSR count). The number of carboxylic acids is 1. The Bertz CT molecular complexity index is 422. The number of urea groups is 1. The van der Waals surface area contributed by atoms with E-state index in [1.54, 1.807) is 0 Å². The highest BCUT2D eigenvalue weighted by atomic mass is 79.9. The van der Waals surface area contributed by atoms with Crippen LogP contribution in [0.4, 0.5) is 4.79 Å². The third-order valence-corrected chi connectivity index (χ3v) is 2.64. The number of aliphatic carboxylic acids is 1. The smallest absolute Gasteiger partial charge is 0.334 e. The maximum absolute atomic E-state index is 11.3. The van der Waals surface area contributed by atoms with Crippen LogP contribution in [0, 0.1) is 0 Å². The topological polar surface area (TPSA) is 98.7 Å². The van der Waals surface area contributed by atoms with Crippen LogP contribution in [-0.2, 0) is 11.3 Å². The van der Waals surface area contributed by atoms with Gasteiger partial charge in [-0.2, -0.15) is 0 Å². The number of benzene rings is 1. The predicted molar refractivity (Wildman–Crippen MR) is 68.0 cm³/mol. The molecular formula is C11H13BrN2O4. The summed E-state index contributed by atoms with van der Waals surface area (Å²) >= 11 is 3.30. The highest BCUT2D eigenvalue weighted by Gasteiger charge is 2.13. The number of carbonyl (C=O) groups excluding carboxylic acids is 1. The molecule has 0 saturated heterocycles. The van der Waals surface area contributed by atoms with E-state index < -0.39 is 18.1 Å². The number of amides is 2. The fourth-order valence-corrected chi connectivity index (χ4v) is 1.39. The minimum atomic E-state index is -1.59. The van der Waals surface area contributed by atoms with Crippen LogP contribution in [0.2, 0.25) is 0 Å². The molecule has 2 amide bonds. The molecule has 1 aromatic carbocycles. The molecule has 1 atom stereocenters. The van der Waals surface area contributed by atoms with Crippen LogP contribution in [0.3, 0.4) is 0 Å². The van der Waals surface area contributed by atoms with Gasteiger partial charge >= 0.3 is 12.0 Å². The summed E-state index contributed by atoms with van der Waals surface area (Å²) in [5.41, 5.74) is 0.909. The number of aliphatic hydroxyl groups excluding tert-OH is 1. The van der Waals surface area contributed by atoms with E-state index in [9.17, 15) is 9.59 Å². The fourth-order valence-electron chi connectivity index (χ4n) is 1.12. The summed E-state index contributed by atoms with van der Waals surface area (Å²) in [7, 11) is 0. The summed E-state index contributed by atoms with van der Waals surface area (Å²) in [5.74, 6) is -1.37. The van der Waals surface area contributed by atoms with Crippen molar-refractivity contribution in [2.45, 2.75) is 12.6 Å². The van der Waals surface area contributed by atoms with Crippen LogP contribution in [0.1, 0.15) is 5.56 Å². The zero-order valence-electron chi connectivity index (χ0n) is 9.39. The molecule has 0 heterocycles. The number of carbonyl (C=O) groups is 2. The fraction of sp³-hybridized carbons (Fsp3) is 0.273. The Morgan fingerprint density at radius 1 is 1.22 bits per heavy atom. The maximum Gasteiger partial charge on any atom is 0.334 e. The summed E-state index contributed by atoms with van der Waals surface area (Å²) in [6, 6.07) is 6.86. The quantitative estimate of drug-likeness (QED) is 0.642. The molecule has 6 nitrogen and oxygen atoms in total. The molecule has 98 valence electrons. The first-order chi connectivity index (χ1) is 8.49. The molecule has 0 aromatic heterocycles. The monoisotopic (exact) mass is 316 g/mol. The third kappa shape index (κ3) is 5.15. The van der Waals surface area contributed by atoms with E-state index in [1.807, 2.05) is 24.3 Å². The Balaban J connectivity index is 2.29. The summed E-state index contributed by atoms with van der Waals surface area (Å²) < 4.78 is 0.945. The van der Waals surface area contributed by atoms with E-state index in [1.165, 1.54) is 0 Å². The van der Waals surface area contributed by atoms with Gasteiger partial charge in [0.05, 0.1) is 6.54 Å². The molecule has 0 radical (unpaired) electrons. The lowest BCUT2D eigenvalue weighted by molar-refractivity contribution is -0.146. The number of hydrogen-bond acceptors (Lipinski definition) is 3. The van der Waals surface area contributed by atoms with Crippen molar-refractivity contribution in [3.8, 4) is 0 Å². The first-order valence-corrected chi connectivity index (χ1v) is 5.95. The largest absolute Gasteiger partial charge is 0.479 e. The van der Waals surface area contributed by atoms with Crippen molar-refractivity contribution < 1.29 is 19.8 Å². The van der Waals surface area contributed by atoms with E-state index in [4.69, 9.17) is 10.2 Å². The van der Waals surface area contributed by atoms with Crippen LogP contribution in [0.25, 0.3) is 0 Å². The van der Waals surface area contributed by atoms with Crippen molar-refractivity contribution in [2.75, 3.05) is 6.54 Å². The van der Waals surface area contributed by atoms with Crippen LogP contribution in [0.15, 0.2) is 28.7 Å². The van der Waals surface area contributed by atoms with E-state index in [2.05, 4.69) is 26.6 Å². The van der Waals surface area contributed by atoms with Gasteiger partial charge in [0.25, 0.3) is 0 Å². The Labute approximate surface area is 112 Å². The van der Waals surface area contributed by atoms with Crippen LogP contribution in [0.5, 0.6) is 0 Å². The minimum absolute atomic E-state index is 0.322. The van der Waals surface area contributed by atoms with Crippen molar-refractivity contribution in [3.05, 3.63) is 34.3 Å². The molecule has 0 bridgehead atoms. The number of carboxylic acid groups (broad SMARTS) is 1. The number of hydrogen-bond donors (Lipinski definition) is 4. The van der Waals surface area contributed by atoms with Gasteiger partial charge in [0.15, 0.2) is 6.10 Å². The van der Waals surface area contributed by atoms with Gasteiger partial charge < -0.3 is 20.8 Å². The van der Waals surface area contributed by atoms with Gasteiger partial charge in [-0.05, 0) is 17.7 Å². The molecule has 0 unspecified atom stereocenters. The Kier molecular flexibility index (Phi) is 5.60. The van der Waals surface area contributed by atoms with Gasteiger partial charge in [-0.25, -0.2) is 9.59 Å². The van der Waals surface area contributed by atoms with Crippen LogP contribution >= 0.6 is 15.9 Å². The number of rotatable bonds is 5. The highest BCUT2D eigenvalue weighted by molar-refractivity contribution is 9.10. The summed E-state index contributed by atoms with van der Waals surface area (Å²) in [5, 5.41) is 22.1. The second kappa shape index (κ2) is 6.97. The predicted octanol–water partition coefficient (Wildman–Crippen LogP) is 0.694. The Morgan fingerprint density at radius 2 is 1.83 bits per heavy atom. The molecule has 1 aromatic rings. The molecule has 0 saturated carbocycles. The Hall–Kier alpha value is -1.60. The normalized spacial score (nSPS) is 11.7. The second-order valence-electron chi connectivity index (χ2n) is 3.54. The Morgan fingerprint density at radius 3 is 2.39 bits per heavy atom. The molecule has 0 aliphatic heterocycles. The van der Waals surface area contributed by atoms with Gasteiger partial charge in [-0.15, -0.1) is 0 Å². The van der Waals surface area contributed by atoms with Gasteiger partial charge in [0.1, 0.15) is 0 Å². The standard InChI is InChI=1S/C11H13BrN2O4/c12-8-3-1-7(2-4-8)5-13-11(18)14-6-9(15)10(16)17/h1-4,9,15H,5-6H2,(H,16,17)(H2,13,14,18)/t9-/m0/s1. The molecule has 0 spiro atoms. The summed E-state index contributed by atoms with van der Waals surface area (Å²) in [4.78, 5) is 21.6. The lowest BCUT2D eigenvalue weighted by atomic mass is 10.2. The SMILES string of the molecule is O=C(NCc1ccc(Br)cc1)NC[C@H](O)C(=O)O. The van der Waals surface area contributed by atoms with Crippen LogP contribution < -0.4 is 10.6 Å². The minimum Gasteiger partial charge on any atom is -0.479 e. The zero-order valence-corrected chi connectivity index (χ0v) is 11.0. The van der Waals surface area contributed by atoms with Crippen molar-refractivity contribution in [3.63, 3.8) is 0 Å². The summed E-state index contributed by atoms with van der Waals surface area (Å²) in [6.45, 7) is -0.0101. The van der Waals surface area contributed by atoms with E-state index in [-0.39, 0.29) is 6.54 Å². The van der Waals surface area contributed by atoms with Gasteiger partial charge in [-0.3, -0.25) is 0 Å². The molecule has 0 aliphatic rings. The first kappa shape index (κ1) is 14.5. The third-order valence-electron chi connectivity index (χ3n) is 2.11. The van der Waals surface area contributed by atoms with Gasteiger partial charge in [-0.1, -0.05) is 28.1 Å². The second-order valence-corrected chi connectivity index (χ2v) is 4.46. The first-order valence-electron chi connectivity index (χ1n) is 5.16. The molecule has 0 aliphatic carbocycles. The summed E-state index contributed by atoms with van der Waals surface area (Å²) in [6.07, 6.45) is -1.59. The zero-order chi connectivity index (χ0) is 13.5. The average Bonchev–Trinajstić information content (AvgIpc) is 2.35. The number of halogens is 1. The van der Waals surface area contributed by atoms with Gasteiger partial charge in [0.2, 0.25) is 0 Å². The van der Waals surface area contributed by atoms with Crippen molar-refractivity contribution in [1.82, 2.24) is 10.6 Å². The average molecular weight is 317 g/mol. The maximum atomic E-state index is 11.3. The lowest BCUT2D eigenvalue weighted by Crippen LogP contribution is -2.41. The van der Waals surface area contributed by atoms with Crippen molar-refractivity contribution >= 4 is 27.9 Å². The molecule has 4 N–H and O–H groups in total. The highest BCUT2D eigenvalue weighted by Crippen LogP contribution is 2.09. The lowest BCUT2D eigenvalue weighted by Gasteiger charge is -2.09. The number of nitrogens with one attached hydrogen (secondary N) is 2. The van der Waals surface area contributed by atoms with E-state index in [0.29, 0.717) is 6.54 Å². The molecule has 0 fully saturated rings. The van der Waals surface area contributed by atoms with E-state index >= 15 is 0 Å². The number of aliphatic hydroxyl groups is 1. The van der Waals surface area contributed by atoms with Crippen molar-refractivity contribution in [1.29, 1.82) is 0 Å². The molecule has 18 heavy (non-hydrogen) atoms. The van der Waals surface area contributed by atoms with Crippen LogP contribution in [-0.4, -0.2) is 34.9 Å². The van der Waals surface area contributed by atoms with Gasteiger partial charge in [0, 0.05) is 11.0 Å². The molecule has 7 heteroatoms. The van der Waals surface area contributed by atoms with Crippen molar-refractivity contribution in [2.24, 2.45) is 0 Å². The molecular weight excluding hydrogens is 304 g/mol.